The minimum atomic E-state index is -0.727. The summed E-state index contributed by atoms with van der Waals surface area (Å²) in [6, 6.07) is 10.4. The Hall–Kier alpha value is -2.58. The van der Waals surface area contributed by atoms with E-state index in [1.165, 1.54) is 10.6 Å². The summed E-state index contributed by atoms with van der Waals surface area (Å²) in [5.74, 6) is -0.970. The molecule has 1 heterocycles. The van der Waals surface area contributed by atoms with Crippen LogP contribution in [0.5, 0.6) is 5.88 Å². The summed E-state index contributed by atoms with van der Waals surface area (Å²) >= 11 is 3.20. The first-order valence-electron chi connectivity index (χ1n) is 8.06. The van der Waals surface area contributed by atoms with E-state index in [1.54, 1.807) is 25.1 Å². The summed E-state index contributed by atoms with van der Waals surface area (Å²) in [6.07, 6.45) is 0. The Morgan fingerprint density at radius 2 is 2.00 bits per heavy atom. The largest absolute Gasteiger partial charge is 0.472 e. The number of aryl methyl sites for hydroxylation is 1. The fraction of sp³-hybridized carbons (Fsp3) is 0.158. The normalized spacial score (nSPS) is 10.9. The van der Waals surface area contributed by atoms with Crippen LogP contribution in [0.2, 0.25) is 0 Å². The van der Waals surface area contributed by atoms with E-state index in [9.17, 15) is 13.6 Å². The van der Waals surface area contributed by atoms with E-state index in [4.69, 9.17) is 10.5 Å². The summed E-state index contributed by atoms with van der Waals surface area (Å²) in [5, 5.41) is 0. The van der Waals surface area contributed by atoms with Crippen molar-refractivity contribution in [2.75, 3.05) is 0 Å². The number of ether oxygens (including phenoxy) is 1. The highest BCUT2D eigenvalue weighted by atomic mass is 79.9. The molecule has 0 saturated carbocycles. The molecule has 0 amide bonds. The molecule has 0 aliphatic heterocycles. The predicted octanol–water partition coefficient (Wildman–Crippen LogP) is 3.62. The lowest BCUT2D eigenvalue weighted by atomic mass is 10.2. The molecule has 2 N–H and O–H groups in total. The molecule has 140 valence electrons. The van der Waals surface area contributed by atoms with Crippen LogP contribution < -0.4 is 16.0 Å². The summed E-state index contributed by atoms with van der Waals surface area (Å²) in [5.41, 5.74) is 6.95. The highest BCUT2D eigenvalue weighted by molar-refractivity contribution is 9.10. The first-order valence-corrected chi connectivity index (χ1v) is 8.85. The van der Waals surface area contributed by atoms with Crippen molar-refractivity contribution in [2.45, 2.75) is 20.1 Å². The van der Waals surface area contributed by atoms with E-state index in [2.05, 4.69) is 20.9 Å². The fourth-order valence-electron chi connectivity index (χ4n) is 2.59. The van der Waals surface area contributed by atoms with Gasteiger partial charge in [0.25, 0.3) is 5.56 Å². The molecule has 0 unspecified atom stereocenters. The molecule has 0 fully saturated rings. The van der Waals surface area contributed by atoms with E-state index >= 15 is 0 Å². The van der Waals surface area contributed by atoms with Crippen molar-refractivity contribution in [1.29, 1.82) is 0 Å². The van der Waals surface area contributed by atoms with Gasteiger partial charge in [-0.1, -0.05) is 12.1 Å². The van der Waals surface area contributed by atoms with Crippen LogP contribution in [0.25, 0.3) is 5.69 Å². The maximum absolute atomic E-state index is 13.7. The quantitative estimate of drug-likeness (QED) is 0.664. The van der Waals surface area contributed by atoms with Gasteiger partial charge in [-0.25, -0.2) is 8.78 Å². The van der Waals surface area contributed by atoms with Gasteiger partial charge in [0.15, 0.2) is 0 Å². The third-order valence-corrected chi connectivity index (χ3v) is 4.63. The molecule has 0 bridgehead atoms. The van der Waals surface area contributed by atoms with Crippen LogP contribution in [0.3, 0.4) is 0 Å². The molecule has 0 spiro atoms. The Morgan fingerprint density at radius 1 is 1.22 bits per heavy atom. The molecule has 8 heteroatoms. The van der Waals surface area contributed by atoms with Gasteiger partial charge in [0.2, 0.25) is 5.88 Å². The standard InChI is InChI=1S/C19H16BrF2N3O2/c1-11-24-18(27-10-13-5-6-14(21)8-16(13)22)17(20)19(26)25(11)15-4-2-3-12(7-15)9-23/h2-8H,9-10,23H2,1H3. The zero-order valence-corrected chi connectivity index (χ0v) is 16.0. The number of nitrogens with two attached hydrogens (primary N) is 1. The number of benzene rings is 2. The summed E-state index contributed by atoms with van der Waals surface area (Å²) in [4.78, 5) is 17.1. The molecule has 0 radical (unpaired) electrons. The van der Waals surface area contributed by atoms with Crippen LogP contribution >= 0.6 is 15.9 Å². The number of hydrogen-bond donors (Lipinski definition) is 1. The first kappa shape index (κ1) is 19.2. The lowest BCUT2D eigenvalue weighted by Gasteiger charge is -2.14. The van der Waals surface area contributed by atoms with E-state index in [1.807, 2.05) is 6.07 Å². The summed E-state index contributed by atoms with van der Waals surface area (Å²) < 4.78 is 33.7. The molecule has 0 aliphatic carbocycles. The number of hydrogen-bond acceptors (Lipinski definition) is 4. The van der Waals surface area contributed by atoms with E-state index in [0.717, 1.165) is 17.7 Å². The van der Waals surface area contributed by atoms with Gasteiger partial charge in [-0.15, -0.1) is 0 Å². The summed E-state index contributed by atoms with van der Waals surface area (Å²) in [7, 11) is 0. The number of nitrogens with zero attached hydrogens (tertiary/aromatic N) is 2. The SMILES string of the molecule is Cc1nc(OCc2ccc(F)cc2F)c(Br)c(=O)n1-c1cccc(CN)c1. The van der Waals surface area contributed by atoms with Crippen LogP contribution in [0.15, 0.2) is 51.7 Å². The smallest absolute Gasteiger partial charge is 0.276 e. The van der Waals surface area contributed by atoms with Crippen LogP contribution in [0.4, 0.5) is 8.78 Å². The first-order chi connectivity index (χ1) is 12.9. The highest BCUT2D eigenvalue weighted by Gasteiger charge is 2.16. The van der Waals surface area contributed by atoms with Crippen molar-refractivity contribution < 1.29 is 13.5 Å². The van der Waals surface area contributed by atoms with Gasteiger partial charge in [-0.3, -0.25) is 9.36 Å². The minimum Gasteiger partial charge on any atom is -0.472 e. The molecule has 5 nitrogen and oxygen atoms in total. The average Bonchev–Trinajstić information content (AvgIpc) is 2.65. The maximum atomic E-state index is 13.7. The molecule has 0 atom stereocenters. The van der Waals surface area contributed by atoms with Crippen LogP contribution in [0.1, 0.15) is 17.0 Å². The monoisotopic (exact) mass is 435 g/mol. The molecule has 3 aromatic rings. The molecule has 1 aromatic heterocycles. The van der Waals surface area contributed by atoms with Gasteiger partial charge in [0.05, 0.1) is 5.69 Å². The minimum absolute atomic E-state index is 0.0347. The van der Waals surface area contributed by atoms with Crippen molar-refractivity contribution in [3.63, 3.8) is 0 Å². The predicted molar refractivity (Wildman–Crippen MR) is 101 cm³/mol. The van der Waals surface area contributed by atoms with Crippen molar-refractivity contribution in [1.82, 2.24) is 9.55 Å². The highest BCUT2D eigenvalue weighted by Crippen LogP contribution is 2.22. The second-order valence-corrected chi connectivity index (χ2v) is 6.61. The van der Waals surface area contributed by atoms with Gasteiger partial charge in [-0.2, -0.15) is 4.98 Å². The Labute approximate surface area is 162 Å². The molecule has 0 aliphatic rings. The molecular formula is C19H16BrF2N3O2. The van der Waals surface area contributed by atoms with Crippen LogP contribution in [0, 0.1) is 18.6 Å². The second kappa shape index (κ2) is 7.98. The van der Waals surface area contributed by atoms with Gasteiger partial charge >= 0.3 is 0 Å². The van der Waals surface area contributed by atoms with Crippen LogP contribution in [-0.4, -0.2) is 9.55 Å². The van der Waals surface area contributed by atoms with Crippen molar-refractivity contribution in [2.24, 2.45) is 5.73 Å². The van der Waals surface area contributed by atoms with Crippen LogP contribution in [-0.2, 0) is 13.2 Å². The molecule has 2 aromatic carbocycles. The lowest BCUT2D eigenvalue weighted by molar-refractivity contribution is 0.283. The van der Waals surface area contributed by atoms with E-state index in [-0.39, 0.29) is 28.1 Å². The van der Waals surface area contributed by atoms with Crippen molar-refractivity contribution in [3.05, 3.63) is 85.9 Å². The Balaban J connectivity index is 1.94. The lowest BCUT2D eigenvalue weighted by Crippen LogP contribution is -2.24. The molecule has 27 heavy (non-hydrogen) atoms. The average molecular weight is 436 g/mol. The van der Waals surface area contributed by atoms with Crippen molar-refractivity contribution >= 4 is 15.9 Å². The number of halogens is 3. The Bertz CT molecular complexity index is 1050. The van der Waals surface area contributed by atoms with Gasteiger partial charge in [0, 0.05) is 18.2 Å². The second-order valence-electron chi connectivity index (χ2n) is 5.82. The maximum Gasteiger partial charge on any atom is 0.276 e. The van der Waals surface area contributed by atoms with E-state index < -0.39 is 11.6 Å². The number of rotatable bonds is 5. The fourth-order valence-corrected chi connectivity index (χ4v) is 2.97. The zero-order valence-electron chi connectivity index (χ0n) is 14.4. The topological polar surface area (TPSA) is 70.1 Å². The Morgan fingerprint density at radius 3 is 2.70 bits per heavy atom. The third-order valence-electron chi connectivity index (χ3n) is 3.95. The summed E-state index contributed by atoms with van der Waals surface area (Å²) in [6.45, 7) is 1.82. The van der Waals surface area contributed by atoms with Gasteiger partial charge < -0.3 is 10.5 Å². The number of aromatic nitrogens is 2. The third kappa shape index (κ3) is 4.06. The molecule has 0 saturated heterocycles. The molecular weight excluding hydrogens is 420 g/mol. The molecule has 3 rings (SSSR count). The van der Waals surface area contributed by atoms with Gasteiger partial charge in [-0.05, 0) is 52.7 Å². The Kier molecular flexibility index (Phi) is 5.67. The van der Waals surface area contributed by atoms with Gasteiger partial charge in [0.1, 0.15) is 28.5 Å². The van der Waals surface area contributed by atoms with E-state index in [0.29, 0.717) is 18.1 Å². The van der Waals surface area contributed by atoms with Crippen molar-refractivity contribution in [3.8, 4) is 11.6 Å². The zero-order chi connectivity index (χ0) is 19.6.